The number of hydrogen-bond acceptors (Lipinski definition) is 5. The van der Waals surface area contributed by atoms with Crippen LogP contribution in [0.3, 0.4) is 0 Å². The van der Waals surface area contributed by atoms with Crippen molar-refractivity contribution in [3.63, 3.8) is 0 Å². The summed E-state index contributed by atoms with van der Waals surface area (Å²) in [6, 6.07) is 4.11. The van der Waals surface area contributed by atoms with Gasteiger partial charge in [0, 0.05) is 34.2 Å². The number of aliphatic carboxylic acids is 3. The van der Waals surface area contributed by atoms with E-state index >= 15 is 0 Å². The molecule has 1 atom stereocenters. The van der Waals surface area contributed by atoms with Crippen LogP contribution in [0.15, 0.2) is 18.2 Å². The van der Waals surface area contributed by atoms with Crippen molar-refractivity contribution in [1.82, 2.24) is 10.2 Å². The van der Waals surface area contributed by atoms with E-state index in [1.165, 1.54) is 0 Å². The Labute approximate surface area is 201 Å². The molecule has 1 unspecified atom stereocenters. The number of aryl methyl sites for hydroxylation is 1. The van der Waals surface area contributed by atoms with Gasteiger partial charge in [0.2, 0.25) is 0 Å². The average molecular weight is 513 g/mol. The number of nitrogens with zero attached hydrogens (tertiary/aromatic N) is 1. The second-order valence-corrected chi connectivity index (χ2v) is 6.70. The molecule has 11 nitrogen and oxygen atoms in total. The van der Waals surface area contributed by atoms with E-state index in [1.54, 1.807) is 13.0 Å². The van der Waals surface area contributed by atoms with Crippen molar-refractivity contribution in [3.8, 4) is 11.8 Å². The molecule has 12 heteroatoms. The maximum atomic E-state index is 12.4. The van der Waals surface area contributed by atoms with Crippen molar-refractivity contribution < 1.29 is 61.9 Å². The first-order chi connectivity index (χ1) is 14.1. The molecule has 0 saturated heterocycles. The average Bonchev–Trinajstić information content (AvgIpc) is 2.64. The molecule has 188 valence electrons. The van der Waals surface area contributed by atoms with Crippen molar-refractivity contribution in [3.05, 3.63) is 34.9 Å². The fourth-order valence-electron chi connectivity index (χ4n) is 2.93. The predicted octanol–water partition coefficient (Wildman–Crippen LogP) is -0.461. The Morgan fingerprint density at radius 1 is 1.03 bits per heavy atom. The van der Waals surface area contributed by atoms with E-state index in [9.17, 15) is 24.3 Å². The van der Waals surface area contributed by atoms with Gasteiger partial charge in [0.25, 0.3) is 5.91 Å². The number of benzene rings is 1. The molecule has 0 aliphatic rings. The van der Waals surface area contributed by atoms with Gasteiger partial charge in [-0.25, -0.2) is 0 Å². The van der Waals surface area contributed by atoms with Crippen LogP contribution in [-0.4, -0.2) is 80.7 Å². The first-order valence-corrected chi connectivity index (χ1v) is 9.37. The molecule has 0 radical (unpaired) electrons. The van der Waals surface area contributed by atoms with Crippen LogP contribution in [0, 0.1) is 18.8 Å². The minimum atomic E-state index is -1.31. The normalized spacial score (nSPS) is 10.3. The number of carboxylic acid groups (broad SMARTS) is 3. The van der Waals surface area contributed by atoms with Crippen molar-refractivity contribution in [2.24, 2.45) is 0 Å². The van der Waals surface area contributed by atoms with E-state index in [0.29, 0.717) is 24.9 Å². The summed E-state index contributed by atoms with van der Waals surface area (Å²) in [4.78, 5) is 46.6. The van der Waals surface area contributed by atoms with E-state index in [-0.39, 0.29) is 39.8 Å². The van der Waals surface area contributed by atoms with Gasteiger partial charge < -0.3 is 31.6 Å². The molecule has 0 bridgehead atoms. The van der Waals surface area contributed by atoms with E-state index in [1.807, 2.05) is 19.1 Å². The number of unbranched alkanes of at least 4 members (excludes halogenated alkanes) is 1. The van der Waals surface area contributed by atoms with Crippen molar-refractivity contribution in [2.75, 3.05) is 19.6 Å². The van der Waals surface area contributed by atoms with Crippen LogP contribution in [0.1, 0.15) is 47.7 Å². The number of carbonyl (C=O) groups excluding carboxylic acids is 1. The summed E-state index contributed by atoms with van der Waals surface area (Å²) in [5, 5.41) is 29.9. The fourth-order valence-corrected chi connectivity index (χ4v) is 2.93. The molecule has 1 aromatic rings. The van der Waals surface area contributed by atoms with Crippen molar-refractivity contribution >= 4 is 23.8 Å². The number of carbonyl (C=O) groups is 4. The smallest absolute Gasteiger partial charge is 0.320 e. The molecule has 0 fully saturated rings. The van der Waals surface area contributed by atoms with Gasteiger partial charge in [-0.05, 0) is 50.8 Å². The molecular formula is C21H30N2NiO9. The third kappa shape index (κ3) is 12.6. The van der Waals surface area contributed by atoms with Gasteiger partial charge >= 0.3 is 17.9 Å². The number of rotatable bonds is 12. The predicted molar refractivity (Wildman–Crippen MR) is 115 cm³/mol. The first-order valence-electron chi connectivity index (χ1n) is 9.37. The van der Waals surface area contributed by atoms with Gasteiger partial charge in [-0.1, -0.05) is 12.0 Å². The molecule has 0 heterocycles. The van der Waals surface area contributed by atoms with Crippen molar-refractivity contribution in [2.45, 2.75) is 39.2 Å². The second-order valence-electron chi connectivity index (χ2n) is 6.70. The Balaban J connectivity index is -0.00000300. The maximum Gasteiger partial charge on any atom is 0.320 e. The van der Waals surface area contributed by atoms with Crippen LogP contribution < -0.4 is 5.32 Å². The summed E-state index contributed by atoms with van der Waals surface area (Å²) in [6.45, 7) is 2.45. The van der Waals surface area contributed by atoms with Crippen LogP contribution >= 0.6 is 0 Å². The zero-order chi connectivity index (χ0) is 22.7. The van der Waals surface area contributed by atoms with Gasteiger partial charge in [0.15, 0.2) is 0 Å². The van der Waals surface area contributed by atoms with E-state index < -0.39 is 37.0 Å². The third-order valence-corrected chi connectivity index (χ3v) is 4.34. The SMILES string of the molecule is CC#Cc1ccc(C)c(C(=O)NCCCCC(C(=O)O)N(CC(=O)O)CC(=O)O)c1.O.O.[Ni]. The summed E-state index contributed by atoms with van der Waals surface area (Å²) >= 11 is 0. The van der Waals surface area contributed by atoms with Crippen LogP contribution in [0.2, 0.25) is 0 Å². The topological polar surface area (TPSA) is 207 Å². The molecule has 1 amide bonds. The van der Waals surface area contributed by atoms with Gasteiger partial charge in [-0.3, -0.25) is 24.1 Å². The fraction of sp³-hybridized carbons (Fsp3) is 0.429. The first kappa shape index (κ1) is 34.6. The third-order valence-electron chi connectivity index (χ3n) is 4.34. The molecule has 0 aliphatic heterocycles. The van der Waals surface area contributed by atoms with Gasteiger partial charge in [-0.15, -0.1) is 5.92 Å². The molecule has 1 rings (SSSR count). The van der Waals surface area contributed by atoms with Gasteiger partial charge in [-0.2, -0.15) is 0 Å². The zero-order valence-electron chi connectivity index (χ0n) is 18.3. The van der Waals surface area contributed by atoms with Crippen LogP contribution in [0.25, 0.3) is 0 Å². The van der Waals surface area contributed by atoms with E-state index in [2.05, 4.69) is 17.2 Å². The van der Waals surface area contributed by atoms with E-state index in [0.717, 1.165) is 16.0 Å². The van der Waals surface area contributed by atoms with E-state index in [4.69, 9.17) is 10.2 Å². The Morgan fingerprint density at radius 2 is 1.61 bits per heavy atom. The summed E-state index contributed by atoms with van der Waals surface area (Å²) in [6.07, 6.45) is 0.886. The monoisotopic (exact) mass is 512 g/mol. The standard InChI is InChI=1S/C21H26N2O7.Ni.2H2O/c1-3-6-15-9-8-14(2)16(11-15)20(28)22-10-5-4-7-17(21(29)30)23(12-18(24)25)13-19(26)27;;;/h8-9,11,17H,4-5,7,10,12-13H2,1-2H3,(H,22,28)(H,24,25)(H,26,27)(H,29,30);;2*1H2. The van der Waals surface area contributed by atoms with Crippen LogP contribution in [-0.2, 0) is 30.9 Å². The number of nitrogens with one attached hydrogen (secondary N) is 1. The van der Waals surface area contributed by atoms with Crippen LogP contribution in [0.5, 0.6) is 0 Å². The number of hydrogen-bond donors (Lipinski definition) is 4. The minimum Gasteiger partial charge on any atom is -0.480 e. The maximum absolute atomic E-state index is 12.4. The summed E-state index contributed by atoms with van der Waals surface area (Å²) in [5.41, 5.74) is 2.04. The summed E-state index contributed by atoms with van der Waals surface area (Å²) < 4.78 is 0. The minimum absolute atomic E-state index is 0. The van der Waals surface area contributed by atoms with Gasteiger partial charge in [0.1, 0.15) is 6.04 Å². The Hall–Kier alpha value is -2.97. The number of amides is 1. The molecule has 8 N–H and O–H groups in total. The molecule has 0 aromatic heterocycles. The Morgan fingerprint density at radius 3 is 2.09 bits per heavy atom. The molecular weight excluding hydrogens is 483 g/mol. The Bertz CT molecular complexity index is 849. The quantitative estimate of drug-likeness (QED) is 0.163. The Kier molecular flexibility index (Phi) is 18.4. The molecule has 0 spiro atoms. The van der Waals surface area contributed by atoms with Gasteiger partial charge in [0.05, 0.1) is 13.1 Å². The summed E-state index contributed by atoms with van der Waals surface area (Å²) in [5.74, 6) is 1.51. The molecule has 1 aromatic carbocycles. The zero-order valence-corrected chi connectivity index (χ0v) is 19.3. The summed E-state index contributed by atoms with van der Waals surface area (Å²) in [7, 11) is 0. The second kappa shape index (κ2) is 17.6. The molecule has 33 heavy (non-hydrogen) atoms. The van der Waals surface area contributed by atoms with Crippen LogP contribution in [0.4, 0.5) is 0 Å². The largest absolute Gasteiger partial charge is 0.480 e. The van der Waals surface area contributed by atoms with Crippen molar-refractivity contribution in [1.29, 1.82) is 0 Å². The number of carboxylic acids is 3. The molecule has 0 saturated carbocycles. The molecule has 0 aliphatic carbocycles.